The summed E-state index contributed by atoms with van der Waals surface area (Å²) in [4.78, 5) is 4.68. The van der Waals surface area contributed by atoms with Gasteiger partial charge in [-0.2, -0.15) is 0 Å². The van der Waals surface area contributed by atoms with Crippen LogP contribution in [0, 0.1) is 0 Å². The molecule has 18 heavy (non-hydrogen) atoms. The molecule has 0 spiro atoms. The Morgan fingerprint density at radius 1 is 1.33 bits per heavy atom. The minimum atomic E-state index is -0.269. The molecule has 2 atom stereocenters. The van der Waals surface area contributed by atoms with E-state index in [2.05, 4.69) is 22.2 Å². The minimum absolute atomic E-state index is 0.269. The van der Waals surface area contributed by atoms with Gasteiger partial charge in [0.15, 0.2) is 0 Å². The molecule has 0 aliphatic carbocycles. The zero-order valence-corrected chi connectivity index (χ0v) is 11.5. The van der Waals surface area contributed by atoms with Gasteiger partial charge in [-0.15, -0.1) is 0 Å². The van der Waals surface area contributed by atoms with Crippen LogP contribution in [0.15, 0.2) is 0 Å². The molecule has 0 aromatic rings. The predicted octanol–water partition coefficient (Wildman–Crippen LogP) is -0.637. The largest absolute Gasteiger partial charge is 0.390 e. The third-order valence-corrected chi connectivity index (χ3v) is 4.00. The van der Waals surface area contributed by atoms with E-state index >= 15 is 0 Å². The average molecular weight is 257 g/mol. The molecule has 5 heteroatoms. The smallest absolute Gasteiger partial charge is 0.0791 e. The molecule has 2 heterocycles. The van der Waals surface area contributed by atoms with Gasteiger partial charge in [-0.05, 0) is 26.4 Å². The first-order chi connectivity index (χ1) is 8.75. The summed E-state index contributed by atoms with van der Waals surface area (Å²) in [7, 11) is 2.18. The lowest BCUT2D eigenvalue weighted by Crippen LogP contribution is -2.45. The van der Waals surface area contributed by atoms with E-state index in [1.165, 1.54) is 19.4 Å². The summed E-state index contributed by atoms with van der Waals surface area (Å²) in [6.45, 7) is 7.16. The van der Waals surface area contributed by atoms with Gasteiger partial charge in [0.2, 0.25) is 0 Å². The highest BCUT2D eigenvalue weighted by atomic mass is 16.5. The number of rotatable bonds is 6. The third kappa shape index (κ3) is 4.48. The van der Waals surface area contributed by atoms with Gasteiger partial charge < -0.3 is 20.1 Å². The number of morpholine rings is 1. The lowest BCUT2D eigenvalue weighted by molar-refractivity contribution is 0.0148. The van der Waals surface area contributed by atoms with Gasteiger partial charge in [-0.25, -0.2) is 0 Å². The van der Waals surface area contributed by atoms with E-state index in [0.717, 1.165) is 39.4 Å². The first-order valence-corrected chi connectivity index (χ1v) is 7.15. The Hall–Kier alpha value is -0.200. The van der Waals surface area contributed by atoms with Crippen LogP contribution < -0.4 is 5.32 Å². The number of nitrogens with one attached hydrogen (secondary N) is 1. The van der Waals surface area contributed by atoms with Crippen LogP contribution in [0.4, 0.5) is 0 Å². The van der Waals surface area contributed by atoms with Crippen molar-refractivity contribution in [3.05, 3.63) is 0 Å². The van der Waals surface area contributed by atoms with Crippen molar-refractivity contribution >= 4 is 0 Å². The molecule has 0 aromatic heterocycles. The summed E-state index contributed by atoms with van der Waals surface area (Å²) in [6, 6.07) is 0.653. The molecule has 2 fully saturated rings. The molecule has 0 aromatic carbocycles. The van der Waals surface area contributed by atoms with Crippen LogP contribution in [0.1, 0.15) is 12.8 Å². The number of aliphatic hydroxyl groups excluding tert-OH is 1. The molecular weight excluding hydrogens is 230 g/mol. The monoisotopic (exact) mass is 257 g/mol. The van der Waals surface area contributed by atoms with E-state index in [0.29, 0.717) is 12.6 Å². The Labute approximate surface area is 110 Å². The number of β-amino-alcohol motifs (C(OH)–C–C–N with tert-alkyl or cyclic N) is 1. The van der Waals surface area contributed by atoms with E-state index in [9.17, 15) is 5.11 Å². The standard InChI is InChI=1S/C13H27N3O2/c1-15-4-2-3-12(15)9-14-10-13(17)11-16-5-7-18-8-6-16/h12-14,17H,2-11H2,1H3. The molecule has 2 saturated heterocycles. The molecule has 0 bridgehead atoms. The van der Waals surface area contributed by atoms with Gasteiger partial charge in [-0.3, -0.25) is 4.90 Å². The zero-order chi connectivity index (χ0) is 12.8. The second-order valence-corrected chi connectivity index (χ2v) is 5.50. The highest BCUT2D eigenvalue weighted by molar-refractivity contribution is 4.79. The maximum absolute atomic E-state index is 9.98. The van der Waals surface area contributed by atoms with Crippen molar-refractivity contribution in [1.82, 2.24) is 15.1 Å². The maximum Gasteiger partial charge on any atom is 0.0791 e. The third-order valence-electron chi connectivity index (χ3n) is 4.00. The van der Waals surface area contributed by atoms with Crippen LogP contribution in [0.3, 0.4) is 0 Å². The van der Waals surface area contributed by atoms with Crippen LogP contribution in [-0.2, 0) is 4.74 Å². The van der Waals surface area contributed by atoms with Crippen molar-refractivity contribution in [2.75, 3.05) is 59.5 Å². The fraction of sp³-hybridized carbons (Fsp3) is 1.00. The maximum atomic E-state index is 9.98. The van der Waals surface area contributed by atoms with Gasteiger partial charge in [0, 0.05) is 38.8 Å². The number of hydrogen-bond donors (Lipinski definition) is 2. The fourth-order valence-corrected chi connectivity index (χ4v) is 2.80. The molecule has 0 saturated carbocycles. The Morgan fingerprint density at radius 3 is 2.78 bits per heavy atom. The molecule has 0 radical (unpaired) electrons. The van der Waals surface area contributed by atoms with Crippen LogP contribution in [0.5, 0.6) is 0 Å². The molecule has 2 aliphatic heterocycles. The second-order valence-electron chi connectivity index (χ2n) is 5.50. The minimum Gasteiger partial charge on any atom is -0.390 e. The van der Waals surface area contributed by atoms with Gasteiger partial charge in [0.05, 0.1) is 19.3 Å². The fourth-order valence-electron chi connectivity index (χ4n) is 2.80. The van der Waals surface area contributed by atoms with E-state index < -0.39 is 0 Å². The Morgan fingerprint density at radius 2 is 2.11 bits per heavy atom. The number of likely N-dealkylation sites (N-methyl/N-ethyl adjacent to an activating group) is 1. The Balaban J connectivity index is 1.55. The van der Waals surface area contributed by atoms with Crippen molar-refractivity contribution in [3.8, 4) is 0 Å². The van der Waals surface area contributed by atoms with Crippen molar-refractivity contribution in [1.29, 1.82) is 0 Å². The predicted molar refractivity (Wildman–Crippen MR) is 71.8 cm³/mol. The summed E-state index contributed by atoms with van der Waals surface area (Å²) < 4.78 is 5.30. The number of ether oxygens (including phenoxy) is 1. The van der Waals surface area contributed by atoms with E-state index in [-0.39, 0.29) is 6.10 Å². The highest BCUT2D eigenvalue weighted by Gasteiger charge is 2.20. The quantitative estimate of drug-likeness (QED) is 0.663. The molecule has 2 rings (SSSR count). The van der Waals surface area contributed by atoms with E-state index in [4.69, 9.17) is 4.74 Å². The number of nitrogens with zero attached hydrogens (tertiary/aromatic N) is 2. The lowest BCUT2D eigenvalue weighted by atomic mass is 10.2. The topological polar surface area (TPSA) is 48.0 Å². The Kier molecular flexibility index (Phi) is 5.85. The van der Waals surface area contributed by atoms with Crippen molar-refractivity contribution in [2.45, 2.75) is 25.0 Å². The first kappa shape index (κ1) is 14.2. The van der Waals surface area contributed by atoms with Crippen molar-refractivity contribution in [3.63, 3.8) is 0 Å². The van der Waals surface area contributed by atoms with Crippen molar-refractivity contribution in [2.24, 2.45) is 0 Å². The van der Waals surface area contributed by atoms with Crippen LogP contribution in [-0.4, -0.2) is 86.6 Å². The van der Waals surface area contributed by atoms with E-state index in [1.54, 1.807) is 0 Å². The SMILES string of the molecule is CN1CCCC1CNCC(O)CN1CCOCC1. The lowest BCUT2D eigenvalue weighted by Gasteiger charge is -2.29. The number of likely N-dealkylation sites (tertiary alicyclic amines) is 1. The Bertz CT molecular complexity index is 234. The van der Waals surface area contributed by atoms with Gasteiger partial charge in [0.1, 0.15) is 0 Å². The number of aliphatic hydroxyl groups is 1. The summed E-state index contributed by atoms with van der Waals surface area (Å²) in [5, 5.41) is 13.4. The molecule has 0 amide bonds. The normalized spacial score (nSPS) is 28.7. The van der Waals surface area contributed by atoms with Crippen LogP contribution in [0.2, 0.25) is 0 Å². The zero-order valence-electron chi connectivity index (χ0n) is 11.5. The molecule has 2 N–H and O–H groups in total. The van der Waals surface area contributed by atoms with Gasteiger partial charge in [-0.1, -0.05) is 0 Å². The number of hydrogen-bond acceptors (Lipinski definition) is 5. The van der Waals surface area contributed by atoms with Gasteiger partial charge >= 0.3 is 0 Å². The van der Waals surface area contributed by atoms with E-state index in [1.807, 2.05) is 0 Å². The summed E-state index contributed by atoms with van der Waals surface area (Å²) in [5.74, 6) is 0. The van der Waals surface area contributed by atoms with Crippen LogP contribution in [0.25, 0.3) is 0 Å². The highest BCUT2D eigenvalue weighted by Crippen LogP contribution is 2.13. The molecule has 2 unspecified atom stereocenters. The molecule has 5 nitrogen and oxygen atoms in total. The second kappa shape index (κ2) is 7.40. The summed E-state index contributed by atoms with van der Waals surface area (Å²) in [5.41, 5.74) is 0. The first-order valence-electron chi connectivity index (χ1n) is 7.15. The molecule has 106 valence electrons. The summed E-state index contributed by atoms with van der Waals surface area (Å²) >= 11 is 0. The molecule has 2 aliphatic rings. The van der Waals surface area contributed by atoms with Gasteiger partial charge in [0.25, 0.3) is 0 Å². The average Bonchev–Trinajstić information content (AvgIpc) is 2.76. The van der Waals surface area contributed by atoms with Crippen LogP contribution >= 0.6 is 0 Å². The molecular formula is C13H27N3O2. The summed E-state index contributed by atoms with van der Waals surface area (Å²) in [6.07, 6.45) is 2.32. The van der Waals surface area contributed by atoms with Crippen molar-refractivity contribution < 1.29 is 9.84 Å².